The van der Waals surface area contributed by atoms with Crippen molar-refractivity contribution >= 4 is 0 Å². The Morgan fingerprint density at radius 2 is 1.67 bits per heavy atom. The van der Waals surface area contributed by atoms with Crippen LogP contribution in [0.5, 0.6) is 0 Å². The summed E-state index contributed by atoms with van der Waals surface area (Å²) in [6, 6.07) is 0. The second kappa shape index (κ2) is 5.98. The average molecular weight is 173 g/mol. The van der Waals surface area contributed by atoms with Crippen LogP contribution in [0.4, 0.5) is 0 Å². The molecule has 0 aliphatic carbocycles. The first-order chi connectivity index (χ1) is 5.74. The average Bonchev–Trinajstić information content (AvgIpc) is 2.14. The Balaban J connectivity index is 3.86. The largest absolute Gasteiger partial charge is 0.394 e. The monoisotopic (exact) mass is 173 g/mol. The molecule has 0 radical (unpaired) electrons. The van der Waals surface area contributed by atoms with Crippen molar-refractivity contribution in [2.45, 2.75) is 12.0 Å². The second-order valence-corrected chi connectivity index (χ2v) is 2.64. The standard InChI is InChI=1S/C8H15NO3/c1-2-3-4-9-8(5-10,6-11)7-12/h1,9-12H,3-7H2. The third-order valence-electron chi connectivity index (χ3n) is 1.68. The van der Waals surface area contributed by atoms with Gasteiger partial charge in [0.15, 0.2) is 0 Å². The molecule has 0 aromatic carbocycles. The van der Waals surface area contributed by atoms with Crippen LogP contribution in [0.15, 0.2) is 0 Å². The summed E-state index contributed by atoms with van der Waals surface area (Å²) in [4.78, 5) is 0. The molecular weight excluding hydrogens is 158 g/mol. The van der Waals surface area contributed by atoms with Crippen LogP contribution in [0.25, 0.3) is 0 Å². The van der Waals surface area contributed by atoms with Gasteiger partial charge in [-0.1, -0.05) is 0 Å². The van der Waals surface area contributed by atoms with Gasteiger partial charge in [0.05, 0.1) is 25.4 Å². The van der Waals surface area contributed by atoms with Crippen molar-refractivity contribution < 1.29 is 15.3 Å². The molecule has 0 aromatic rings. The first-order valence-electron chi connectivity index (χ1n) is 3.76. The molecule has 4 nitrogen and oxygen atoms in total. The Morgan fingerprint density at radius 1 is 1.17 bits per heavy atom. The molecule has 0 amide bonds. The molecule has 70 valence electrons. The van der Waals surface area contributed by atoms with Gasteiger partial charge in [0, 0.05) is 13.0 Å². The van der Waals surface area contributed by atoms with Crippen LogP contribution in [-0.4, -0.2) is 47.2 Å². The predicted molar refractivity (Wildman–Crippen MR) is 45.4 cm³/mol. The Labute approximate surface area is 72.2 Å². The van der Waals surface area contributed by atoms with Gasteiger partial charge in [-0.05, 0) is 0 Å². The maximum Gasteiger partial charge on any atom is 0.0881 e. The van der Waals surface area contributed by atoms with Gasteiger partial charge in [0.25, 0.3) is 0 Å². The molecule has 0 saturated carbocycles. The number of aliphatic hydroxyl groups is 3. The third kappa shape index (κ3) is 3.20. The highest BCUT2D eigenvalue weighted by molar-refractivity contribution is 4.90. The summed E-state index contributed by atoms with van der Waals surface area (Å²) >= 11 is 0. The lowest BCUT2D eigenvalue weighted by atomic mass is 10.0. The fourth-order valence-electron chi connectivity index (χ4n) is 0.718. The van der Waals surface area contributed by atoms with Crippen molar-refractivity contribution in [3.05, 3.63) is 0 Å². The zero-order valence-electron chi connectivity index (χ0n) is 6.95. The van der Waals surface area contributed by atoms with Gasteiger partial charge < -0.3 is 20.6 Å². The van der Waals surface area contributed by atoms with E-state index in [0.29, 0.717) is 13.0 Å². The van der Waals surface area contributed by atoms with Crippen molar-refractivity contribution in [1.29, 1.82) is 0 Å². The summed E-state index contributed by atoms with van der Waals surface area (Å²) in [5, 5.41) is 29.3. The molecule has 4 heteroatoms. The van der Waals surface area contributed by atoms with Gasteiger partial charge in [-0.2, -0.15) is 0 Å². The van der Waals surface area contributed by atoms with Crippen molar-refractivity contribution in [1.82, 2.24) is 5.32 Å². The molecule has 0 rings (SSSR count). The van der Waals surface area contributed by atoms with E-state index >= 15 is 0 Å². The number of terminal acetylenes is 1. The maximum absolute atomic E-state index is 8.84. The fourth-order valence-corrected chi connectivity index (χ4v) is 0.718. The summed E-state index contributed by atoms with van der Waals surface area (Å²) < 4.78 is 0. The zero-order chi connectivity index (χ0) is 9.45. The normalized spacial score (nSPS) is 11.2. The van der Waals surface area contributed by atoms with Crippen LogP contribution in [0, 0.1) is 12.3 Å². The molecule has 0 heterocycles. The molecule has 0 bridgehead atoms. The van der Waals surface area contributed by atoms with E-state index in [1.54, 1.807) is 0 Å². The number of hydrogen-bond acceptors (Lipinski definition) is 4. The maximum atomic E-state index is 8.84. The van der Waals surface area contributed by atoms with Crippen LogP contribution < -0.4 is 5.32 Å². The smallest absolute Gasteiger partial charge is 0.0881 e. The Morgan fingerprint density at radius 3 is 2.00 bits per heavy atom. The molecule has 0 aliphatic heterocycles. The highest BCUT2D eigenvalue weighted by Crippen LogP contribution is 2.00. The predicted octanol–water partition coefficient (Wildman–Crippen LogP) is -1.69. The Hall–Kier alpha value is -0.600. The van der Waals surface area contributed by atoms with E-state index in [4.69, 9.17) is 21.7 Å². The SMILES string of the molecule is C#CCCNC(CO)(CO)CO. The fraction of sp³-hybridized carbons (Fsp3) is 0.750. The molecule has 0 saturated heterocycles. The summed E-state index contributed by atoms with van der Waals surface area (Å²) in [6.07, 6.45) is 5.51. The van der Waals surface area contributed by atoms with Gasteiger partial charge >= 0.3 is 0 Å². The van der Waals surface area contributed by atoms with E-state index in [1.165, 1.54) is 0 Å². The summed E-state index contributed by atoms with van der Waals surface area (Å²) in [5.74, 6) is 2.41. The van der Waals surface area contributed by atoms with E-state index in [9.17, 15) is 0 Å². The quantitative estimate of drug-likeness (QED) is 0.286. The van der Waals surface area contributed by atoms with Crippen LogP contribution in [0.2, 0.25) is 0 Å². The molecule has 0 atom stereocenters. The minimum Gasteiger partial charge on any atom is -0.394 e. The molecule has 4 N–H and O–H groups in total. The Bertz CT molecular complexity index is 141. The van der Waals surface area contributed by atoms with Gasteiger partial charge in [-0.3, -0.25) is 0 Å². The second-order valence-electron chi connectivity index (χ2n) is 2.64. The highest BCUT2D eigenvalue weighted by atomic mass is 16.3. The van der Waals surface area contributed by atoms with E-state index in [0.717, 1.165) is 0 Å². The minimum atomic E-state index is -1.00. The molecule has 0 unspecified atom stereocenters. The highest BCUT2D eigenvalue weighted by Gasteiger charge is 2.26. The van der Waals surface area contributed by atoms with Gasteiger partial charge in [-0.25, -0.2) is 0 Å². The summed E-state index contributed by atoms with van der Waals surface area (Å²) in [6.45, 7) is -0.474. The van der Waals surface area contributed by atoms with E-state index < -0.39 is 5.54 Å². The van der Waals surface area contributed by atoms with Gasteiger partial charge in [0.2, 0.25) is 0 Å². The zero-order valence-corrected chi connectivity index (χ0v) is 6.95. The lowest BCUT2D eigenvalue weighted by molar-refractivity contribution is 0.0433. The van der Waals surface area contributed by atoms with Crippen molar-refractivity contribution in [2.24, 2.45) is 0 Å². The molecule has 0 fully saturated rings. The van der Waals surface area contributed by atoms with Crippen LogP contribution >= 0.6 is 0 Å². The first-order valence-corrected chi connectivity index (χ1v) is 3.76. The molecule has 0 spiro atoms. The van der Waals surface area contributed by atoms with Crippen LogP contribution in [0.3, 0.4) is 0 Å². The first kappa shape index (κ1) is 11.4. The van der Waals surface area contributed by atoms with Crippen molar-refractivity contribution in [3.63, 3.8) is 0 Å². The molecular formula is C8H15NO3. The lowest BCUT2D eigenvalue weighted by Crippen LogP contribution is -2.55. The van der Waals surface area contributed by atoms with Crippen molar-refractivity contribution in [3.8, 4) is 12.3 Å². The summed E-state index contributed by atoms with van der Waals surface area (Å²) in [5.41, 5.74) is -1.00. The summed E-state index contributed by atoms with van der Waals surface area (Å²) in [7, 11) is 0. The molecule has 0 aromatic heterocycles. The number of nitrogens with one attached hydrogen (secondary N) is 1. The van der Waals surface area contributed by atoms with Crippen molar-refractivity contribution in [2.75, 3.05) is 26.4 Å². The van der Waals surface area contributed by atoms with E-state index in [2.05, 4.69) is 11.2 Å². The van der Waals surface area contributed by atoms with Crippen LogP contribution in [0.1, 0.15) is 6.42 Å². The third-order valence-corrected chi connectivity index (χ3v) is 1.68. The van der Waals surface area contributed by atoms with E-state index in [1.807, 2.05) is 0 Å². The number of hydrogen-bond donors (Lipinski definition) is 4. The number of aliphatic hydroxyl groups excluding tert-OH is 3. The Kier molecular flexibility index (Phi) is 5.68. The topological polar surface area (TPSA) is 72.7 Å². The lowest BCUT2D eigenvalue weighted by Gasteiger charge is -2.28. The minimum absolute atomic E-state index is 0.315. The van der Waals surface area contributed by atoms with Gasteiger partial charge in [-0.15, -0.1) is 12.3 Å². The van der Waals surface area contributed by atoms with Crippen LogP contribution in [-0.2, 0) is 0 Å². The molecule has 12 heavy (non-hydrogen) atoms. The molecule has 0 aliphatic rings. The van der Waals surface area contributed by atoms with Gasteiger partial charge in [0.1, 0.15) is 0 Å². The number of rotatable bonds is 6. The van der Waals surface area contributed by atoms with E-state index in [-0.39, 0.29) is 19.8 Å².